The monoisotopic (exact) mass is 380 g/mol. The molecule has 2 aliphatic carbocycles. The number of rotatable bonds is 3. The second-order valence-electron chi connectivity index (χ2n) is 7.82. The number of pyridine rings is 1. The summed E-state index contributed by atoms with van der Waals surface area (Å²) in [6, 6.07) is 3.69. The van der Waals surface area contributed by atoms with Crippen LogP contribution in [0.25, 0.3) is 11.0 Å². The van der Waals surface area contributed by atoms with Crippen molar-refractivity contribution in [2.24, 2.45) is 0 Å². The molecule has 1 saturated carbocycles. The Hall–Kier alpha value is -2.51. The van der Waals surface area contributed by atoms with Crippen LogP contribution in [-0.4, -0.2) is 48.0 Å². The topological polar surface area (TPSA) is 93.3 Å². The maximum atomic E-state index is 10.7. The van der Waals surface area contributed by atoms with E-state index in [9.17, 15) is 10.2 Å². The minimum atomic E-state index is -0.980. The summed E-state index contributed by atoms with van der Waals surface area (Å²) in [5, 5.41) is 22.4. The van der Waals surface area contributed by atoms with Gasteiger partial charge in [0.25, 0.3) is 0 Å². The molecule has 1 fully saturated rings. The molecule has 0 aliphatic heterocycles. The zero-order valence-electron chi connectivity index (χ0n) is 15.8. The summed E-state index contributed by atoms with van der Waals surface area (Å²) in [7, 11) is 0. The molecule has 0 amide bonds. The van der Waals surface area contributed by atoms with E-state index in [-0.39, 0.29) is 6.04 Å². The summed E-state index contributed by atoms with van der Waals surface area (Å²) in [5.74, 6) is 0.602. The summed E-state index contributed by atoms with van der Waals surface area (Å²) in [6.07, 6.45) is 7.57. The number of aromatic nitrogens is 4. The lowest BCUT2D eigenvalue weighted by Crippen LogP contribution is -2.34. The lowest BCUT2D eigenvalue weighted by Gasteiger charge is -2.22. The van der Waals surface area contributed by atoms with Gasteiger partial charge in [-0.3, -0.25) is 0 Å². The van der Waals surface area contributed by atoms with E-state index in [2.05, 4.69) is 21.0 Å². The van der Waals surface area contributed by atoms with E-state index in [0.717, 1.165) is 41.6 Å². The average molecular weight is 380 g/mol. The molecule has 2 unspecified atom stereocenters. The van der Waals surface area contributed by atoms with Gasteiger partial charge in [0, 0.05) is 29.8 Å². The molecule has 2 N–H and O–H groups in total. The van der Waals surface area contributed by atoms with E-state index in [1.165, 1.54) is 18.3 Å². The van der Waals surface area contributed by atoms with E-state index >= 15 is 0 Å². The third-order valence-electron chi connectivity index (χ3n) is 6.16. The molecule has 7 nitrogen and oxygen atoms in total. The zero-order chi connectivity index (χ0) is 19.3. The normalized spacial score (nSPS) is 27.1. The van der Waals surface area contributed by atoms with Crippen molar-refractivity contribution >= 4 is 11.0 Å². The Morgan fingerprint density at radius 1 is 1.07 bits per heavy atom. The van der Waals surface area contributed by atoms with Crippen LogP contribution in [0.5, 0.6) is 5.88 Å². The van der Waals surface area contributed by atoms with Crippen molar-refractivity contribution < 1.29 is 14.9 Å². The third kappa shape index (κ3) is 2.77. The van der Waals surface area contributed by atoms with Crippen LogP contribution in [0.4, 0.5) is 0 Å². The Balaban J connectivity index is 1.43. The molecule has 0 bridgehead atoms. The molecule has 0 spiro atoms. The number of hydrogen-bond acceptors (Lipinski definition) is 6. The molecular formula is C21H24N4O3. The lowest BCUT2D eigenvalue weighted by molar-refractivity contribution is -0.0177. The minimum absolute atomic E-state index is 0.314. The van der Waals surface area contributed by atoms with Gasteiger partial charge in [-0.1, -0.05) is 0 Å². The summed E-state index contributed by atoms with van der Waals surface area (Å²) >= 11 is 0. The SMILES string of the molecule is Cc1ncnc2c1ccn2C1CC(Oc2nccc3c2CCCC3)[C@@H](O)[C@H]1O. The molecular weight excluding hydrogens is 356 g/mol. The molecule has 3 aromatic heterocycles. The highest BCUT2D eigenvalue weighted by molar-refractivity contribution is 5.78. The molecule has 7 heteroatoms. The van der Waals surface area contributed by atoms with Crippen LogP contribution in [0.15, 0.2) is 30.9 Å². The summed E-state index contributed by atoms with van der Waals surface area (Å²) in [4.78, 5) is 13.0. The Morgan fingerprint density at radius 2 is 1.93 bits per heavy atom. The van der Waals surface area contributed by atoms with Crippen molar-refractivity contribution in [2.45, 2.75) is 63.4 Å². The first-order valence-corrected chi connectivity index (χ1v) is 9.91. The van der Waals surface area contributed by atoms with Gasteiger partial charge in [-0.25, -0.2) is 15.0 Å². The van der Waals surface area contributed by atoms with E-state index in [1.54, 1.807) is 6.20 Å². The third-order valence-corrected chi connectivity index (χ3v) is 6.16. The van der Waals surface area contributed by atoms with E-state index in [4.69, 9.17) is 4.74 Å². The van der Waals surface area contributed by atoms with E-state index in [0.29, 0.717) is 12.3 Å². The van der Waals surface area contributed by atoms with Gasteiger partial charge in [0.15, 0.2) is 0 Å². The van der Waals surface area contributed by atoms with Crippen molar-refractivity contribution in [1.29, 1.82) is 0 Å². The molecule has 2 aliphatic rings. The second-order valence-corrected chi connectivity index (χ2v) is 7.82. The maximum Gasteiger partial charge on any atom is 0.217 e. The highest BCUT2D eigenvalue weighted by Gasteiger charge is 2.44. The summed E-state index contributed by atoms with van der Waals surface area (Å²) < 4.78 is 8.08. The highest BCUT2D eigenvalue weighted by Crippen LogP contribution is 2.37. The van der Waals surface area contributed by atoms with Crippen LogP contribution < -0.4 is 4.74 Å². The Bertz CT molecular complexity index is 1020. The van der Waals surface area contributed by atoms with Gasteiger partial charge in [0.1, 0.15) is 30.3 Å². The number of aliphatic hydroxyl groups excluding tert-OH is 2. The predicted molar refractivity (Wildman–Crippen MR) is 103 cm³/mol. The molecule has 146 valence electrons. The van der Waals surface area contributed by atoms with Gasteiger partial charge in [-0.2, -0.15) is 0 Å². The van der Waals surface area contributed by atoms with Crippen molar-refractivity contribution in [3.8, 4) is 5.88 Å². The molecule has 3 heterocycles. The number of aliphatic hydroxyl groups is 2. The quantitative estimate of drug-likeness (QED) is 0.723. The van der Waals surface area contributed by atoms with Crippen molar-refractivity contribution in [1.82, 2.24) is 19.5 Å². The first-order chi connectivity index (χ1) is 13.6. The standard InChI is InChI=1S/C21H24N4O3/c1-12-14-7-9-25(20(14)24-11-23-12)16-10-17(19(27)18(16)26)28-21-15-5-3-2-4-13(15)6-8-22-21/h6-9,11,16-19,26-27H,2-5,10H2,1H3/t16?,17?,18-,19+/m0/s1. The molecule has 5 rings (SSSR count). The molecule has 28 heavy (non-hydrogen) atoms. The van der Waals surface area contributed by atoms with Crippen LogP contribution in [0, 0.1) is 6.92 Å². The van der Waals surface area contributed by atoms with Gasteiger partial charge in [0.2, 0.25) is 5.88 Å². The number of aryl methyl sites for hydroxylation is 2. The van der Waals surface area contributed by atoms with Gasteiger partial charge in [-0.15, -0.1) is 0 Å². The van der Waals surface area contributed by atoms with Crippen LogP contribution in [0.1, 0.15) is 42.1 Å². The largest absolute Gasteiger partial charge is 0.471 e. The molecule has 0 aromatic carbocycles. The fourth-order valence-corrected chi connectivity index (χ4v) is 4.60. The molecule has 3 aromatic rings. The van der Waals surface area contributed by atoms with E-state index < -0.39 is 18.3 Å². The molecule has 0 radical (unpaired) electrons. The van der Waals surface area contributed by atoms with Crippen molar-refractivity contribution in [2.75, 3.05) is 0 Å². The van der Waals surface area contributed by atoms with Crippen LogP contribution >= 0.6 is 0 Å². The lowest BCUT2D eigenvalue weighted by atomic mass is 9.93. The summed E-state index contributed by atoms with van der Waals surface area (Å²) in [5.41, 5.74) is 4.09. The maximum absolute atomic E-state index is 10.7. The van der Waals surface area contributed by atoms with Gasteiger partial charge < -0.3 is 19.5 Å². The Labute approximate surface area is 163 Å². The smallest absolute Gasteiger partial charge is 0.217 e. The molecule has 0 saturated heterocycles. The second kappa shape index (κ2) is 6.83. The fourth-order valence-electron chi connectivity index (χ4n) is 4.60. The van der Waals surface area contributed by atoms with E-state index in [1.807, 2.05) is 23.8 Å². The Kier molecular flexibility index (Phi) is 4.29. The zero-order valence-corrected chi connectivity index (χ0v) is 15.8. The first kappa shape index (κ1) is 17.6. The van der Waals surface area contributed by atoms with Crippen LogP contribution in [0.2, 0.25) is 0 Å². The first-order valence-electron chi connectivity index (χ1n) is 9.91. The van der Waals surface area contributed by atoms with Crippen molar-refractivity contribution in [3.05, 3.63) is 47.7 Å². The van der Waals surface area contributed by atoms with Crippen LogP contribution in [0.3, 0.4) is 0 Å². The fraction of sp³-hybridized carbons (Fsp3) is 0.476. The van der Waals surface area contributed by atoms with Crippen LogP contribution in [-0.2, 0) is 12.8 Å². The number of hydrogen-bond donors (Lipinski definition) is 2. The summed E-state index contributed by atoms with van der Waals surface area (Å²) in [6.45, 7) is 1.93. The molecule has 4 atom stereocenters. The van der Waals surface area contributed by atoms with Crippen molar-refractivity contribution in [3.63, 3.8) is 0 Å². The van der Waals surface area contributed by atoms with Gasteiger partial charge in [0.05, 0.1) is 11.7 Å². The number of ether oxygens (including phenoxy) is 1. The minimum Gasteiger partial charge on any atom is -0.471 e. The van der Waals surface area contributed by atoms with Gasteiger partial charge >= 0.3 is 0 Å². The predicted octanol–water partition coefficient (Wildman–Crippen LogP) is 2.13. The van der Waals surface area contributed by atoms with Gasteiger partial charge in [-0.05, 0) is 50.3 Å². The Morgan fingerprint density at radius 3 is 2.82 bits per heavy atom. The number of fused-ring (bicyclic) bond motifs is 2. The highest BCUT2D eigenvalue weighted by atomic mass is 16.5. The average Bonchev–Trinajstić information content (AvgIpc) is 3.26. The number of nitrogens with zero attached hydrogens (tertiary/aromatic N) is 4.